The molecule has 0 fully saturated rings. The maximum atomic E-state index is 14.2. The predicted molar refractivity (Wildman–Crippen MR) is 99.8 cm³/mol. The minimum Gasteiger partial charge on any atom is -0.494 e. The van der Waals surface area contributed by atoms with E-state index in [1.165, 1.54) is 6.07 Å². The van der Waals surface area contributed by atoms with Gasteiger partial charge in [0.2, 0.25) is 0 Å². The Balaban J connectivity index is 2.06. The van der Waals surface area contributed by atoms with E-state index in [2.05, 4.69) is 16.0 Å². The van der Waals surface area contributed by atoms with Crippen LogP contribution in [0.2, 0.25) is 0 Å². The summed E-state index contributed by atoms with van der Waals surface area (Å²) in [7, 11) is 1.59. The van der Waals surface area contributed by atoms with Gasteiger partial charge in [-0.1, -0.05) is 12.1 Å². The Morgan fingerprint density at radius 1 is 1.11 bits per heavy atom. The van der Waals surface area contributed by atoms with Gasteiger partial charge in [-0.2, -0.15) is 5.26 Å². The summed E-state index contributed by atoms with van der Waals surface area (Å²) in [5, 5.41) is 9.05. The van der Waals surface area contributed by atoms with Crippen molar-refractivity contribution >= 4 is 5.52 Å². The van der Waals surface area contributed by atoms with E-state index in [9.17, 15) is 4.39 Å². The minimum absolute atomic E-state index is 0.342. The SMILES string of the molecule is COc1cc(-c2ccc(C#N)cc2)c(-c2cnc(C)c(F)c2)n2cncc12. The van der Waals surface area contributed by atoms with E-state index in [1.807, 2.05) is 22.6 Å². The van der Waals surface area contributed by atoms with Crippen LogP contribution in [0.1, 0.15) is 11.3 Å². The molecule has 0 bridgehead atoms. The van der Waals surface area contributed by atoms with Crippen LogP contribution in [0.3, 0.4) is 0 Å². The van der Waals surface area contributed by atoms with Crippen LogP contribution in [0.5, 0.6) is 5.75 Å². The molecule has 0 aliphatic heterocycles. The zero-order valence-corrected chi connectivity index (χ0v) is 14.8. The summed E-state index contributed by atoms with van der Waals surface area (Å²) in [6, 6.07) is 12.7. The highest BCUT2D eigenvalue weighted by atomic mass is 19.1. The van der Waals surface area contributed by atoms with Gasteiger partial charge in [-0.3, -0.25) is 9.38 Å². The first-order valence-corrected chi connectivity index (χ1v) is 8.28. The number of aromatic nitrogens is 3. The van der Waals surface area contributed by atoms with Gasteiger partial charge in [-0.05, 0) is 36.8 Å². The average molecular weight is 358 g/mol. The maximum Gasteiger partial charge on any atom is 0.145 e. The van der Waals surface area contributed by atoms with Crippen LogP contribution in [0.25, 0.3) is 27.9 Å². The molecule has 0 amide bonds. The van der Waals surface area contributed by atoms with Gasteiger partial charge in [0, 0.05) is 17.3 Å². The highest BCUT2D eigenvalue weighted by Crippen LogP contribution is 2.37. The summed E-state index contributed by atoms with van der Waals surface area (Å²) >= 11 is 0. The third-order valence-electron chi connectivity index (χ3n) is 4.51. The number of rotatable bonds is 3. The van der Waals surface area contributed by atoms with E-state index in [0.29, 0.717) is 22.6 Å². The third-order valence-corrected chi connectivity index (χ3v) is 4.51. The molecule has 0 N–H and O–H groups in total. The second kappa shape index (κ2) is 6.54. The molecule has 3 aromatic heterocycles. The van der Waals surface area contributed by atoms with Gasteiger partial charge < -0.3 is 4.74 Å². The average Bonchev–Trinajstić information content (AvgIpc) is 3.19. The number of fused-ring (bicyclic) bond motifs is 1. The molecule has 0 aliphatic carbocycles. The van der Waals surface area contributed by atoms with Crippen molar-refractivity contribution in [2.24, 2.45) is 0 Å². The molecule has 3 heterocycles. The molecule has 0 aliphatic rings. The molecule has 4 aromatic rings. The number of nitriles is 1. The molecular weight excluding hydrogens is 343 g/mol. The van der Waals surface area contributed by atoms with Gasteiger partial charge in [0.05, 0.1) is 42.7 Å². The predicted octanol–water partition coefficient (Wildman–Crippen LogP) is 4.39. The van der Waals surface area contributed by atoms with Gasteiger partial charge in [-0.15, -0.1) is 0 Å². The van der Waals surface area contributed by atoms with Crippen LogP contribution in [-0.4, -0.2) is 21.5 Å². The number of imidazole rings is 1. The van der Waals surface area contributed by atoms with Gasteiger partial charge in [-0.25, -0.2) is 9.37 Å². The highest BCUT2D eigenvalue weighted by molar-refractivity contribution is 5.86. The summed E-state index contributed by atoms with van der Waals surface area (Å²) in [4.78, 5) is 8.39. The Hall–Kier alpha value is -3.72. The van der Waals surface area contributed by atoms with Gasteiger partial charge in [0.15, 0.2) is 0 Å². The molecule has 6 heteroatoms. The first-order valence-electron chi connectivity index (χ1n) is 8.28. The summed E-state index contributed by atoms with van der Waals surface area (Å²) in [6.45, 7) is 1.63. The lowest BCUT2D eigenvalue weighted by molar-refractivity contribution is 0.418. The number of nitrogens with zero attached hydrogens (tertiary/aromatic N) is 4. The monoisotopic (exact) mass is 358 g/mol. The van der Waals surface area contributed by atoms with E-state index in [4.69, 9.17) is 10.00 Å². The smallest absolute Gasteiger partial charge is 0.145 e. The Bertz CT molecular complexity index is 1190. The van der Waals surface area contributed by atoms with Crippen LogP contribution in [0, 0.1) is 24.1 Å². The largest absolute Gasteiger partial charge is 0.494 e. The Labute approximate surface area is 155 Å². The van der Waals surface area contributed by atoms with Crippen LogP contribution >= 0.6 is 0 Å². The second-order valence-electron chi connectivity index (χ2n) is 6.10. The van der Waals surface area contributed by atoms with Crippen molar-refractivity contribution in [2.45, 2.75) is 6.92 Å². The van der Waals surface area contributed by atoms with Crippen molar-refractivity contribution in [3.05, 3.63) is 72.2 Å². The molecule has 0 unspecified atom stereocenters. The second-order valence-corrected chi connectivity index (χ2v) is 6.10. The number of halogens is 1. The summed E-state index contributed by atoms with van der Waals surface area (Å²) < 4.78 is 21.6. The molecule has 0 radical (unpaired) electrons. The van der Waals surface area contributed by atoms with Crippen molar-refractivity contribution in [1.29, 1.82) is 5.26 Å². The summed E-state index contributed by atoms with van der Waals surface area (Å²) in [6.07, 6.45) is 5.01. The number of pyridine rings is 2. The van der Waals surface area contributed by atoms with Crippen LogP contribution in [0.4, 0.5) is 4.39 Å². The van der Waals surface area contributed by atoms with Crippen molar-refractivity contribution in [3.8, 4) is 34.2 Å². The van der Waals surface area contributed by atoms with Crippen molar-refractivity contribution in [2.75, 3.05) is 7.11 Å². The van der Waals surface area contributed by atoms with Crippen LogP contribution in [-0.2, 0) is 0 Å². The zero-order valence-electron chi connectivity index (χ0n) is 14.8. The molecule has 4 rings (SSSR count). The molecule has 0 saturated heterocycles. The zero-order chi connectivity index (χ0) is 19.0. The summed E-state index contributed by atoms with van der Waals surface area (Å²) in [5.41, 5.74) is 4.76. The molecule has 0 spiro atoms. The highest BCUT2D eigenvalue weighted by Gasteiger charge is 2.17. The lowest BCUT2D eigenvalue weighted by Gasteiger charge is -2.16. The molecule has 27 heavy (non-hydrogen) atoms. The maximum absolute atomic E-state index is 14.2. The van der Waals surface area contributed by atoms with Crippen LogP contribution in [0.15, 0.2) is 55.1 Å². The standard InChI is InChI=1S/C21H15FN4O/c1-13-18(22)7-16(10-25-13)21-17(15-5-3-14(9-23)4-6-15)8-20(27-2)19-11-24-12-26(19)21/h3-8,10-12H,1-2H3. The molecule has 132 valence electrons. The summed E-state index contributed by atoms with van der Waals surface area (Å²) in [5.74, 6) is 0.276. The molecule has 0 atom stereocenters. The van der Waals surface area contributed by atoms with E-state index in [1.54, 1.807) is 44.9 Å². The molecule has 0 saturated carbocycles. The number of ether oxygens (including phenoxy) is 1. The number of aryl methyl sites for hydroxylation is 1. The van der Waals surface area contributed by atoms with E-state index in [0.717, 1.165) is 22.3 Å². The lowest BCUT2D eigenvalue weighted by atomic mass is 9.98. The third kappa shape index (κ3) is 2.79. The first-order chi connectivity index (χ1) is 13.1. The number of hydrogen-bond donors (Lipinski definition) is 0. The Morgan fingerprint density at radius 2 is 1.89 bits per heavy atom. The Morgan fingerprint density at radius 3 is 2.56 bits per heavy atom. The van der Waals surface area contributed by atoms with Crippen molar-refractivity contribution < 1.29 is 9.13 Å². The number of hydrogen-bond acceptors (Lipinski definition) is 4. The normalized spacial score (nSPS) is 10.7. The Kier molecular flexibility index (Phi) is 4.05. The first kappa shape index (κ1) is 16.7. The molecule has 1 aromatic carbocycles. The van der Waals surface area contributed by atoms with Crippen LogP contribution < -0.4 is 4.74 Å². The fourth-order valence-electron chi connectivity index (χ4n) is 3.10. The van der Waals surface area contributed by atoms with Crippen molar-refractivity contribution in [1.82, 2.24) is 14.4 Å². The van der Waals surface area contributed by atoms with E-state index >= 15 is 0 Å². The fourth-order valence-corrected chi connectivity index (χ4v) is 3.10. The van der Waals surface area contributed by atoms with E-state index in [-0.39, 0.29) is 5.82 Å². The lowest BCUT2D eigenvalue weighted by Crippen LogP contribution is -1.99. The van der Waals surface area contributed by atoms with Gasteiger partial charge in [0.1, 0.15) is 17.1 Å². The van der Waals surface area contributed by atoms with Gasteiger partial charge >= 0.3 is 0 Å². The van der Waals surface area contributed by atoms with Gasteiger partial charge in [0.25, 0.3) is 0 Å². The topological polar surface area (TPSA) is 63.2 Å². The number of benzene rings is 1. The quantitative estimate of drug-likeness (QED) is 0.545. The number of methoxy groups -OCH3 is 1. The minimum atomic E-state index is -0.373. The van der Waals surface area contributed by atoms with E-state index < -0.39 is 0 Å². The fraction of sp³-hybridized carbons (Fsp3) is 0.0952. The molecule has 5 nitrogen and oxygen atoms in total. The molecular formula is C21H15FN4O. The van der Waals surface area contributed by atoms with Crippen molar-refractivity contribution in [3.63, 3.8) is 0 Å².